The third-order valence-electron chi connectivity index (χ3n) is 6.20. The number of nitrogens with one attached hydrogen (secondary N) is 1. The van der Waals surface area contributed by atoms with Gasteiger partial charge < -0.3 is 9.55 Å². The van der Waals surface area contributed by atoms with Gasteiger partial charge in [-0.3, -0.25) is 0 Å². The van der Waals surface area contributed by atoms with Crippen LogP contribution in [0.5, 0.6) is 0 Å². The first-order valence-corrected chi connectivity index (χ1v) is 9.97. The molecule has 0 amide bonds. The van der Waals surface area contributed by atoms with Crippen molar-refractivity contribution in [2.24, 2.45) is 0 Å². The second kappa shape index (κ2) is 5.75. The van der Waals surface area contributed by atoms with E-state index in [1.807, 2.05) is 0 Å². The number of hydrogen-bond acceptors (Lipinski definition) is 0. The summed E-state index contributed by atoms with van der Waals surface area (Å²) in [6.45, 7) is 0.946. The molecule has 2 aromatic heterocycles. The number of H-pyrrole nitrogens is 1. The highest BCUT2D eigenvalue weighted by Gasteiger charge is 2.22. The quantitative estimate of drug-likeness (QED) is 0.391. The summed E-state index contributed by atoms with van der Waals surface area (Å²) in [7, 11) is 0. The van der Waals surface area contributed by atoms with E-state index in [1.54, 1.807) is 11.3 Å². The van der Waals surface area contributed by atoms with Crippen molar-refractivity contribution in [2.75, 3.05) is 0 Å². The SMILES string of the molecule is c1ccc(Cn2c3c(c4ccc5c6ccccc6[nH]c5c42)CCCC3)cc1. The zero-order valence-corrected chi connectivity index (χ0v) is 15.3. The molecule has 5 aromatic rings. The second-order valence-electron chi connectivity index (χ2n) is 7.76. The molecule has 0 spiro atoms. The van der Waals surface area contributed by atoms with Crippen LogP contribution in [0, 0.1) is 0 Å². The van der Waals surface area contributed by atoms with Gasteiger partial charge in [-0.1, -0.05) is 60.7 Å². The minimum absolute atomic E-state index is 0.946. The topological polar surface area (TPSA) is 20.7 Å². The number of para-hydroxylation sites is 1. The lowest BCUT2D eigenvalue weighted by Crippen LogP contribution is -2.09. The maximum atomic E-state index is 3.74. The Morgan fingerprint density at radius 2 is 1.52 bits per heavy atom. The summed E-state index contributed by atoms with van der Waals surface area (Å²) in [5.74, 6) is 0. The molecule has 1 aliphatic rings. The van der Waals surface area contributed by atoms with Gasteiger partial charge in [-0.25, -0.2) is 0 Å². The summed E-state index contributed by atoms with van der Waals surface area (Å²) >= 11 is 0. The Hall–Kier alpha value is -3.00. The Kier molecular flexibility index (Phi) is 3.21. The molecule has 0 aliphatic heterocycles. The van der Waals surface area contributed by atoms with Gasteiger partial charge in [-0.05, 0) is 42.9 Å². The van der Waals surface area contributed by atoms with Gasteiger partial charge in [0.05, 0.1) is 11.0 Å². The van der Waals surface area contributed by atoms with E-state index in [9.17, 15) is 0 Å². The maximum Gasteiger partial charge on any atom is 0.0734 e. The number of nitrogens with zero attached hydrogens (tertiary/aromatic N) is 1. The zero-order valence-electron chi connectivity index (χ0n) is 15.3. The van der Waals surface area contributed by atoms with Crippen LogP contribution in [0.15, 0.2) is 66.7 Å². The normalized spacial score (nSPS) is 14.2. The zero-order chi connectivity index (χ0) is 17.8. The fraction of sp³-hybridized carbons (Fsp3) is 0.200. The molecule has 1 aliphatic carbocycles. The van der Waals surface area contributed by atoms with Crippen LogP contribution in [0.1, 0.15) is 29.7 Å². The van der Waals surface area contributed by atoms with Crippen LogP contribution in [-0.4, -0.2) is 9.55 Å². The van der Waals surface area contributed by atoms with Crippen LogP contribution in [0.4, 0.5) is 0 Å². The summed E-state index contributed by atoms with van der Waals surface area (Å²) in [6.07, 6.45) is 5.01. The van der Waals surface area contributed by atoms with E-state index in [4.69, 9.17) is 0 Å². The van der Waals surface area contributed by atoms with Crippen molar-refractivity contribution in [1.29, 1.82) is 0 Å². The van der Waals surface area contributed by atoms with Crippen LogP contribution in [0.25, 0.3) is 32.7 Å². The van der Waals surface area contributed by atoms with E-state index in [0.717, 1.165) is 6.54 Å². The van der Waals surface area contributed by atoms with E-state index in [2.05, 4.69) is 76.3 Å². The summed E-state index contributed by atoms with van der Waals surface area (Å²) in [5, 5.41) is 4.10. The molecule has 6 rings (SSSR count). The average Bonchev–Trinajstić information content (AvgIpc) is 3.25. The molecule has 1 N–H and O–H groups in total. The Labute approximate surface area is 158 Å². The van der Waals surface area contributed by atoms with Crippen molar-refractivity contribution in [2.45, 2.75) is 32.2 Å². The lowest BCUT2D eigenvalue weighted by atomic mass is 9.95. The molecule has 3 aromatic carbocycles. The molecule has 0 unspecified atom stereocenters. The number of benzene rings is 3. The van der Waals surface area contributed by atoms with Crippen molar-refractivity contribution < 1.29 is 0 Å². The highest BCUT2D eigenvalue weighted by Crippen LogP contribution is 2.38. The Balaban J connectivity index is 1.72. The minimum Gasteiger partial charge on any atom is -0.353 e. The first kappa shape index (κ1) is 15.1. The molecule has 2 heteroatoms. The van der Waals surface area contributed by atoms with Crippen molar-refractivity contribution in [3.63, 3.8) is 0 Å². The highest BCUT2D eigenvalue weighted by molar-refractivity contribution is 6.16. The molecule has 27 heavy (non-hydrogen) atoms. The first-order chi connectivity index (χ1) is 13.4. The summed E-state index contributed by atoms with van der Waals surface area (Å²) < 4.78 is 2.59. The molecule has 0 saturated carbocycles. The molecule has 0 bridgehead atoms. The van der Waals surface area contributed by atoms with Gasteiger partial charge in [0.1, 0.15) is 0 Å². The van der Waals surface area contributed by atoms with Gasteiger partial charge in [0.15, 0.2) is 0 Å². The minimum atomic E-state index is 0.946. The van der Waals surface area contributed by atoms with Crippen LogP contribution >= 0.6 is 0 Å². The van der Waals surface area contributed by atoms with Gasteiger partial charge in [0, 0.05) is 33.9 Å². The number of aryl methyl sites for hydroxylation is 1. The molecule has 132 valence electrons. The highest BCUT2D eigenvalue weighted by atomic mass is 15.0. The smallest absolute Gasteiger partial charge is 0.0734 e. The Bertz CT molecular complexity index is 1290. The average molecular weight is 350 g/mol. The van der Waals surface area contributed by atoms with Gasteiger partial charge in [0.25, 0.3) is 0 Å². The molecular formula is C25H22N2. The summed E-state index contributed by atoms with van der Waals surface area (Å²) in [4.78, 5) is 3.74. The van der Waals surface area contributed by atoms with Crippen LogP contribution in [0.3, 0.4) is 0 Å². The predicted octanol–water partition coefficient (Wildman–Crippen LogP) is 6.20. The molecule has 0 saturated heterocycles. The Morgan fingerprint density at radius 1 is 0.741 bits per heavy atom. The summed E-state index contributed by atoms with van der Waals surface area (Å²) in [5.41, 5.74) is 8.40. The van der Waals surface area contributed by atoms with Gasteiger partial charge >= 0.3 is 0 Å². The van der Waals surface area contributed by atoms with E-state index >= 15 is 0 Å². The number of rotatable bonds is 2. The molecule has 0 atom stereocenters. The number of hydrogen-bond donors (Lipinski definition) is 1. The third kappa shape index (κ3) is 2.19. The molecular weight excluding hydrogens is 328 g/mol. The van der Waals surface area contributed by atoms with Crippen LogP contribution in [-0.2, 0) is 19.4 Å². The van der Waals surface area contributed by atoms with Crippen molar-refractivity contribution in [3.05, 3.63) is 83.6 Å². The molecule has 2 heterocycles. The standard InChI is InChI=1S/C25H22N2/c1-2-8-17(9-3-1)16-27-23-13-7-5-11-19(23)21-15-14-20-18-10-4-6-12-22(18)26-24(20)25(21)27/h1-4,6,8-10,12,14-15,26H,5,7,11,13,16H2. The fourth-order valence-corrected chi connectivity index (χ4v) is 4.98. The van der Waals surface area contributed by atoms with E-state index in [1.165, 1.54) is 64.0 Å². The predicted molar refractivity (Wildman–Crippen MR) is 113 cm³/mol. The third-order valence-corrected chi connectivity index (χ3v) is 6.20. The maximum absolute atomic E-state index is 3.74. The number of aromatic amines is 1. The van der Waals surface area contributed by atoms with Gasteiger partial charge in [-0.2, -0.15) is 0 Å². The van der Waals surface area contributed by atoms with Gasteiger partial charge in [0.2, 0.25) is 0 Å². The van der Waals surface area contributed by atoms with E-state index < -0.39 is 0 Å². The Morgan fingerprint density at radius 3 is 2.44 bits per heavy atom. The van der Waals surface area contributed by atoms with E-state index in [0.29, 0.717) is 0 Å². The first-order valence-electron chi connectivity index (χ1n) is 9.97. The molecule has 2 nitrogen and oxygen atoms in total. The fourth-order valence-electron chi connectivity index (χ4n) is 4.98. The molecule has 0 fully saturated rings. The lowest BCUT2D eigenvalue weighted by molar-refractivity contribution is 0.638. The van der Waals surface area contributed by atoms with E-state index in [-0.39, 0.29) is 0 Å². The lowest BCUT2D eigenvalue weighted by Gasteiger charge is -2.16. The van der Waals surface area contributed by atoms with Gasteiger partial charge in [-0.15, -0.1) is 0 Å². The van der Waals surface area contributed by atoms with Crippen molar-refractivity contribution >= 4 is 32.7 Å². The number of fused-ring (bicyclic) bond motifs is 7. The number of aromatic nitrogens is 2. The summed E-state index contributed by atoms with van der Waals surface area (Å²) in [6, 6.07) is 24.2. The van der Waals surface area contributed by atoms with Crippen LogP contribution in [0.2, 0.25) is 0 Å². The monoisotopic (exact) mass is 350 g/mol. The largest absolute Gasteiger partial charge is 0.353 e. The van der Waals surface area contributed by atoms with Crippen LogP contribution < -0.4 is 0 Å². The second-order valence-corrected chi connectivity index (χ2v) is 7.76. The van der Waals surface area contributed by atoms with Crippen molar-refractivity contribution in [3.8, 4) is 0 Å². The van der Waals surface area contributed by atoms with Crippen molar-refractivity contribution in [1.82, 2.24) is 9.55 Å². The molecule has 0 radical (unpaired) electrons.